The Morgan fingerprint density at radius 1 is 1.38 bits per heavy atom. The second kappa shape index (κ2) is 4.43. The maximum absolute atomic E-state index is 13.7. The van der Waals surface area contributed by atoms with Gasteiger partial charge in [0.25, 0.3) is 0 Å². The van der Waals surface area contributed by atoms with Crippen LogP contribution in [0.15, 0.2) is 22.7 Å². The summed E-state index contributed by atoms with van der Waals surface area (Å²) < 4.78 is 14.4. The average Bonchev–Trinajstić information content (AvgIpc) is 2.04. The van der Waals surface area contributed by atoms with Crippen LogP contribution in [0, 0.1) is 5.82 Å². The number of hydrogen-bond acceptors (Lipinski definition) is 2. The third kappa shape index (κ3) is 3.54. The highest BCUT2D eigenvalue weighted by molar-refractivity contribution is 9.10. The Morgan fingerprint density at radius 2 is 1.94 bits per heavy atom. The molecule has 90 valence electrons. The lowest BCUT2D eigenvalue weighted by molar-refractivity contribution is 0.0472. The largest absolute Gasteiger partial charge is 0.390 e. The molecule has 0 heterocycles. The minimum Gasteiger partial charge on any atom is -0.390 e. The van der Waals surface area contributed by atoms with Gasteiger partial charge < -0.3 is 10.8 Å². The van der Waals surface area contributed by atoms with Gasteiger partial charge in [-0.25, -0.2) is 4.39 Å². The molecule has 1 aromatic rings. The van der Waals surface area contributed by atoms with Crippen molar-refractivity contribution in [1.82, 2.24) is 0 Å². The molecule has 0 saturated heterocycles. The molecule has 16 heavy (non-hydrogen) atoms. The van der Waals surface area contributed by atoms with Crippen LogP contribution in [0.3, 0.4) is 0 Å². The molecule has 0 spiro atoms. The van der Waals surface area contributed by atoms with E-state index in [-0.39, 0.29) is 12.2 Å². The van der Waals surface area contributed by atoms with E-state index in [4.69, 9.17) is 5.73 Å². The SMILES string of the molecule is CC(C)(O)CC(C)(N)c1cc(Br)ccc1F. The van der Waals surface area contributed by atoms with Crippen molar-refractivity contribution < 1.29 is 9.50 Å². The first-order chi connectivity index (χ1) is 7.12. The first-order valence-electron chi connectivity index (χ1n) is 5.09. The van der Waals surface area contributed by atoms with Gasteiger partial charge in [-0.15, -0.1) is 0 Å². The Morgan fingerprint density at radius 3 is 2.44 bits per heavy atom. The van der Waals surface area contributed by atoms with Gasteiger partial charge in [0.05, 0.1) is 5.60 Å². The zero-order valence-corrected chi connectivity index (χ0v) is 11.3. The number of benzene rings is 1. The van der Waals surface area contributed by atoms with Crippen molar-refractivity contribution in [3.05, 3.63) is 34.1 Å². The predicted octanol–water partition coefficient (Wildman–Crippen LogP) is 2.92. The predicted molar refractivity (Wildman–Crippen MR) is 66.6 cm³/mol. The zero-order chi connectivity index (χ0) is 12.6. The third-order valence-corrected chi connectivity index (χ3v) is 2.84. The van der Waals surface area contributed by atoms with Gasteiger partial charge in [-0.05, 0) is 45.4 Å². The normalized spacial score (nSPS) is 15.9. The van der Waals surface area contributed by atoms with Crippen molar-refractivity contribution in [2.75, 3.05) is 0 Å². The van der Waals surface area contributed by atoms with E-state index in [9.17, 15) is 9.50 Å². The minimum absolute atomic E-state index is 0.285. The van der Waals surface area contributed by atoms with Crippen LogP contribution in [0.25, 0.3) is 0 Å². The quantitative estimate of drug-likeness (QED) is 0.899. The Balaban J connectivity index is 3.11. The fourth-order valence-electron chi connectivity index (χ4n) is 1.93. The topological polar surface area (TPSA) is 46.2 Å². The number of rotatable bonds is 3. The van der Waals surface area contributed by atoms with Gasteiger partial charge in [0.1, 0.15) is 5.82 Å². The molecule has 0 aliphatic carbocycles. The summed E-state index contributed by atoms with van der Waals surface area (Å²) in [4.78, 5) is 0. The van der Waals surface area contributed by atoms with Crippen LogP contribution in [-0.2, 0) is 5.54 Å². The van der Waals surface area contributed by atoms with E-state index in [0.29, 0.717) is 5.56 Å². The van der Waals surface area contributed by atoms with Gasteiger partial charge in [0.15, 0.2) is 0 Å². The molecule has 1 aromatic carbocycles. The molecule has 1 atom stereocenters. The van der Waals surface area contributed by atoms with Crippen LogP contribution in [0.5, 0.6) is 0 Å². The first-order valence-corrected chi connectivity index (χ1v) is 5.88. The molecular formula is C12H17BrFNO. The summed E-state index contributed by atoms with van der Waals surface area (Å²) in [5.74, 6) is -0.350. The summed E-state index contributed by atoms with van der Waals surface area (Å²) in [6, 6.07) is 4.65. The summed E-state index contributed by atoms with van der Waals surface area (Å²) >= 11 is 3.28. The number of halogens is 2. The van der Waals surface area contributed by atoms with E-state index in [1.54, 1.807) is 32.9 Å². The van der Waals surface area contributed by atoms with E-state index < -0.39 is 11.1 Å². The van der Waals surface area contributed by atoms with Crippen LogP contribution >= 0.6 is 15.9 Å². The number of nitrogens with two attached hydrogens (primary N) is 1. The van der Waals surface area contributed by atoms with Crippen molar-refractivity contribution in [2.24, 2.45) is 5.73 Å². The first kappa shape index (κ1) is 13.6. The molecule has 1 rings (SSSR count). The third-order valence-electron chi connectivity index (χ3n) is 2.34. The van der Waals surface area contributed by atoms with Crippen molar-refractivity contribution in [1.29, 1.82) is 0 Å². The highest BCUT2D eigenvalue weighted by Crippen LogP contribution is 2.31. The average molecular weight is 290 g/mol. The summed E-state index contributed by atoms with van der Waals surface area (Å²) in [6.07, 6.45) is 0.285. The lowest BCUT2D eigenvalue weighted by Crippen LogP contribution is -2.41. The minimum atomic E-state index is -0.932. The van der Waals surface area contributed by atoms with Crippen LogP contribution in [0.2, 0.25) is 0 Å². The maximum Gasteiger partial charge on any atom is 0.128 e. The van der Waals surface area contributed by atoms with Gasteiger partial charge >= 0.3 is 0 Å². The summed E-state index contributed by atoms with van der Waals surface area (Å²) in [6.45, 7) is 5.04. The highest BCUT2D eigenvalue weighted by atomic mass is 79.9. The van der Waals surface area contributed by atoms with Crippen molar-refractivity contribution in [3.63, 3.8) is 0 Å². The van der Waals surface area contributed by atoms with Crippen molar-refractivity contribution >= 4 is 15.9 Å². The monoisotopic (exact) mass is 289 g/mol. The van der Waals surface area contributed by atoms with Gasteiger partial charge in [0, 0.05) is 15.6 Å². The van der Waals surface area contributed by atoms with Crippen LogP contribution in [-0.4, -0.2) is 10.7 Å². The molecule has 0 radical (unpaired) electrons. The summed E-state index contributed by atoms with van der Waals surface area (Å²) in [5, 5.41) is 9.76. The summed E-state index contributed by atoms with van der Waals surface area (Å²) in [7, 11) is 0. The van der Waals surface area contributed by atoms with Crippen molar-refractivity contribution in [3.8, 4) is 0 Å². The molecule has 1 unspecified atom stereocenters. The summed E-state index contributed by atoms with van der Waals surface area (Å²) in [5.41, 5.74) is 4.65. The lowest BCUT2D eigenvalue weighted by atomic mass is 9.83. The fourth-order valence-corrected chi connectivity index (χ4v) is 2.29. The molecule has 0 bridgehead atoms. The highest BCUT2D eigenvalue weighted by Gasteiger charge is 2.31. The Hall–Kier alpha value is -0.450. The molecule has 0 saturated carbocycles. The second-order valence-corrected chi connectivity index (χ2v) is 5.95. The lowest BCUT2D eigenvalue weighted by Gasteiger charge is -2.32. The molecule has 0 aliphatic heterocycles. The molecule has 2 nitrogen and oxygen atoms in total. The van der Waals surface area contributed by atoms with Gasteiger partial charge in [-0.2, -0.15) is 0 Å². The second-order valence-electron chi connectivity index (χ2n) is 5.03. The zero-order valence-electron chi connectivity index (χ0n) is 9.72. The number of hydrogen-bond donors (Lipinski definition) is 2. The van der Waals surface area contributed by atoms with E-state index in [0.717, 1.165) is 4.47 Å². The molecule has 0 fully saturated rings. The van der Waals surface area contributed by atoms with Gasteiger partial charge in [0.2, 0.25) is 0 Å². The molecule has 3 N–H and O–H groups in total. The molecule has 0 aromatic heterocycles. The van der Waals surface area contributed by atoms with E-state index in [2.05, 4.69) is 15.9 Å². The van der Waals surface area contributed by atoms with Crippen LogP contribution in [0.1, 0.15) is 32.8 Å². The Kier molecular flexibility index (Phi) is 3.77. The van der Waals surface area contributed by atoms with E-state index in [1.165, 1.54) is 6.07 Å². The van der Waals surface area contributed by atoms with E-state index in [1.807, 2.05) is 0 Å². The Labute approximate surface area is 104 Å². The Bertz CT molecular complexity index is 385. The van der Waals surface area contributed by atoms with Crippen LogP contribution in [0.4, 0.5) is 4.39 Å². The fraction of sp³-hybridized carbons (Fsp3) is 0.500. The van der Waals surface area contributed by atoms with Gasteiger partial charge in [-0.1, -0.05) is 15.9 Å². The smallest absolute Gasteiger partial charge is 0.128 e. The number of aliphatic hydroxyl groups is 1. The van der Waals surface area contributed by atoms with Crippen molar-refractivity contribution in [2.45, 2.75) is 38.3 Å². The molecule has 4 heteroatoms. The molecular weight excluding hydrogens is 273 g/mol. The maximum atomic E-state index is 13.7. The van der Waals surface area contributed by atoms with E-state index >= 15 is 0 Å². The molecule has 0 aliphatic rings. The molecule has 0 amide bonds. The van der Waals surface area contributed by atoms with Gasteiger partial charge in [-0.3, -0.25) is 0 Å². The standard InChI is InChI=1S/C12H17BrFNO/c1-11(2,16)7-12(3,15)9-6-8(13)4-5-10(9)14/h4-6,16H,7,15H2,1-3H3. The van der Waals surface area contributed by atoms with Crippen LogP contribution < -0.4 is 5.73 Å².